The van der Waals surface area contributed by atoms with Crippen LogP contribution in [0.3, 0.4) is 0 Å². The Morgan fingerprint density at radius 1 is 0.939 bits per heavy atom. The maximum Gasteiger partial charge on any atom is 0.253 e. The molecule has 2 heterocycles. The zero-order valence-corrected chi connectivity index (χ0v) is 20.0. The van der Waals surface area contributed by atoms with Crippen molar-refractivity contribution in [1.82, 2.24) is 14.7 Å². The van der Waals surface area contributed by atoms with Crippen LogP contribution >= 0.6 is 0 Å². The molecule has 2 saturated heterocycles. The highest BCUT2D eigenvalue weighted by atomic mass is 16.5. The Balaban J connectivity index is 1.25. The Hall–Kier alpha value is -2.61. The molecule has 2 fully saturated rings. The Labute approximate surface area is 196 Å². The molecule has 2 aliphatic rings. The quantitative estimate of drug-likeness (QED) is 0.643. The van der Waals surface area contributed by atoms with E-state index < -0.39 is 0 Å². The zero-order chi connectivity index (χ0) is 23.2. The number of carbonyl (C=O) groups is 1. The van der Waals surface area contributed by atoms with Crippen LogP contribution in [0.1, 0.15) is 21.5 Å². The first-order valence-electron chi connectivity index (χ1n) is 11.7. The Kier molecular flexibility index (Phi) is 7.85. The third-order valence-corrected chi connectivity index (χ3v) is 6.50. The summed E-state index contributed by atoms with van der Waals surface area (Å²) in [6.45, 7) is 9.64. The number of ether oxygens (including phenoxy) is 3. The van der Waals surface area contributed by atoms with Gasteiger partial charge in [-0.15, -0.1) is 0 Å². The van der Waals surface area contributed by atoms with Crippen LogP contribution in [0.25, 0.3) is 0 Å². The summed E-state index contributed by atoms with van der Waals surface area (Å²) in [5.74, 6) is 1.64. The van der Waals surface area contributed by atoms with E-state index in [1.807, 2.05) is 48.2 Å². The number of hydrogen-bond acceptors (Lipinski definition) is 6. The van der Waals surface area contributed by atoms with Gasteiger partial charge in [-0.2, -0.15) is 0 Å². The lowest BCUT2D eigenvalue weighted by atomic mass is 10.1. The molecule has 2 aromatic carbocycles. The number of nitrogens with zero attached hydrogens (tertiary/aromatic N) is 3. The lowest BCUT2D eigenvalue weighted by Gasteiger charge is -2.39. The highest BCUT2D eigenvalue weighted by Gasteiger charge is 2.27. The lowest BCUT2D eigenvalue weighted by Crippen LogP contribution is -2.53. The van der Waals surface area contributed by atoms with E-state index in [9.17, 15) is 4.79 Å². The number of hydrogen-bond donors (Lipinski definition) is 0. The molecule has 0 N–H and O–H groups in total. The maximum atomic E-state index is 12.8. The molecule has 0 bridgehead atoms. The molecule has 7 nitrogen and oxygen atoms in total. The molecule has 33 heavy (non-hydrogen) atoms. The van der Waals surface area contributed by atoms with Crippen molar-refractivity contribution >= 4 is 5.91 Å². The predicted molar refractivity (Wildman–Crippen MR) is 128 cm³/mol. The van der Waals surface area contributed by atoms with Gasteiger partial charge in [-0.05, 0) is 36.8 Å². The molecule has 0 radical (unpaired) electrons. The van der Waals surface area contributed by atoms with E-state index in [1.165, 1.54) is 11.1 Å². The van der Waals surface area contributed by atoms with Crippen molar-refractivity contribution < 1.29 is 19.0 Å². The maximum absolute atomic E-state index is 12.8. The summed E-state index contributed by atoms with van der Waals surface area (Å²) in [6.07, 6.45) is 0.179. The van der Waals surface area contributed by atoms with Crippen molar-refractivity contribution in [3.05, 3.63) is 59.2 Å². The summed E-state index contributed by atoms with van der Waals surface area (Å²) in [5.41, 5.74) is 3.15. The SMILES string of the molecule is COc1ccc(CN2CCOC(CN3CCN(C(=O)c4ccc(C)cc4)CC3)C2)cc1OC. The molecule has 4 rings (SSSR count). The van der Waals surface area contributed by atoms with Gasteiger partial charge in [0.1, 0.15) is 0 Å². The molecule has 0 aliphatic carbocycles. The second-order valence-electron chi connectivity index (χ2n) is 8.88. The second kappa shape index (κ2) is 11.0. The average Bonchev–Trinajstić information content (AvgIpc) is 2.85. The summed E-state index contributed by atoms with van der Waals surface area (Å²) in [7, 11) is 3.32. The van der Waals surface area contributed by atoms with Crippen LogP contribution in [0.2, 0.25) is 0 Å². The number of carbonyl (C=O) groups excluding carboxylic acids is 1. The van der Waals surface area contributed by atoms with E-state index in [2.05, 4.69) is 15.9 Å². The molecule has 1 atom stereocenters. The van der Waals surface area contributed by atoms with E-state index in [4.69, 9.17) is 14.2 Å². The average molecular weight is 454 g/mol. The van der Waals surface area contributed by atoms with Crippen LogP contribution in [0.5, 0.6) is 11.5 Å². The first-order chi connectivity index (χ1) is 16.1. The molecule has 178 valence electrons. The van der Waals surface area contributed by atoms with Gasteiger partial charge >= 0.3 is 0 Å². The van der Waals surface area contributed by atoms with Gasteiger partial charge in [0, 0.05) is 57.9 Å². The summed E-state index contributed by atoms with van der Waals surface area (Å²) in [4.78, 5) is 19.6. The van der Waals surface area contributed by atoms with Crippen LogP contribution in [0, 0.1) is 6.92 Å². The molecule has 7 heteroatoms. The number of aryl methyl sites for hydroxylation is 1. The first-order valence-corrected chi connectivity index (χ1v) is 11.7. The summed E-state index contributed by atoms with van der Waals surface area (Å²) >= 11 is 0. The van der Waals surface area contributed by atoms with E-state index in [0.717, 1.165) is 76.0 Å². The highest BCUT2D eigenvalue weighted by molar-refractivity contribution is 5.94. The number of methoxy groups -OCH3 is 2. The van der Waals surface area contributed by atoms with Crippen molar-refractivity contribution in [1.29, 1.82) is 0 Å². The van der Waals surface area contributed by atoms with Crippen molar-refractivity contribution in [3.63, 3.8) is 0 Å². The number of piperazine rings is 1. The van der Waals surface area contributed by atoms with Gasteiger partial charge in [0.2, 0.25) is 0 Å². The summed E-state index contributed by atoms with van der Waals surface area (Å²) in [5, 5.41) is 0. The fraction of sp³-hybridized carbons (Fsp3) is 0.500. The second-order valence-corrected chi connectivity index (χ2v) is 8.88. The number of benzene rings is 2. The number of amides is 1. The Morgan fingerprint density at radius 3 is 2.36 bits per heavy atom. The largest absolute Gasteiger partial charge is 0.493 e. The third kappa shape index (κ3) is 6.05. The van der Waals surface area contributed by atoms with Gasteiger partial charge in [-0.3, -0.25) is 14.6 Å². The van der Waals surface area contributed by atoms with Crippen molar-refractivity contribution in [2.75, 3.05) is 66.6 Å². The molecule has 0 spiro atoms. The minimum atomic E-state index is 0.129. The first kappa shape index (κ1) is 23.5. The highest BCUT2D eigenvalue weighted by Crippen LogP contribution is 2.28. The standard InChI is InChI=1S/C26H35N3O4/c1-20-4-7-22(8-5-20)26(30)29-12-10-27(11-13-29)18-23-19-28(14-15-33-23)17-21-6-9-24(31-2)25(16-21)32-3/h4-9,16,23H,10-15,17-19H2,1-3H3. The van der Waals surface area contributed by atoms with Gasteiger partial charge in [-0.1, -0.05) is 23.8 Å². The van der Waals surface area contributed by atoms with Crippen LogP contribution in [-0.4, -0.2) is 93.4 Å². The van der Waals surface area contributed by atoms with Crippen LogP contribution in [0.15, 0.2) is 42.5 Å². The van der Waals surface area contributed by atoms with Gasteiger partial charge in [0.15, 0.2) is 11.5 Å². The van der Waals surface area contributed by atoms with Crippen LogP contribution < -0.4 is 9.47 Å². The molecule has 0 aromatic heterocycles. The molecule has 2 aliphatic heterocycles. The molecule has 1 unspecified atom stereocenters. The molecule has 2 aromatic rings. The molecule has 1 amide bonds. The normalized spacial score (nSPS) is 20.0. The minimum Gasteiger partial charge on any atom is -0.493 e. The van der Waals surface area contributed by atoms with E-state index >= 15 is 0 Å². The zero-order valence-electron chi connectivity index (χ0n) is 20.0. The van der Waals surface area contributed by atoms with Crippen molar-refractivity contribution in [3.8, 4) is 11.5 Å². The van der Waals surface area contributed by atoms with Crippen LogP contribution in [-0.2, 0) is 11.3 Å². The van der Waals surface area contributed by atoms with Crippen molar-refractivity contribution in [2.45, 2.75) is 19.6 Å². The molecular weight excluding hydrogens is 418 g/mol. The lowest BCUT2D eigenvalue weighted by molar-refractivity contribution is -0.0497. The van der Waals surface area contributed by atoms with Gasteiger partial charge in [0.05, 0.1) is 26.9 Å². The van der Waals surface area contributed by atoms with Crippen molar-refractivity contribution in [2.24, 2.45) is 0 Å². The van der Waals surface area contributed by atoms with E-state index in [0.29, 0.717) is 0 Å². The number of morpholine rings is 1. The van der Waals surface area contributed by atoms with Gasteiger partial charge in [-0.25, -0.2) is 0 Å². The predicted octanol–water partition coefficient (Wildman–Crippen LogP) is 2.67. The van der Waals surface area contributed by atoms with E-state index in [1.54, 1.807) is 14.2 Å². The summed E-state index contributed by atoms with van der Waals surface area (Å²) in [6, 6.07) is 13.9. The third-order valence-electron chi connectivity index (χ3n) is 6.50. The fourth-order valence-corrected chi connectivity index (χ4v) is 4.57. The van der Waals surface area contributed by atoms with Gasteiger partial charge in [0.25, 0.3) is 5.91 Å². The Morgan fingerprint density at radius 2 is 1.67 bits per heavy atom. The minimum absolute atomic E-state index is 0.129. The van der Waals surface area contributed by atoms with Crippen LogP contribution in [0.4, 0.5) is 0 Å². The molecular formula is C26H35N3O4. The monoisotopic (exact) mass is 453 g/mol. The molecule has 0 saturated carbocycles. The van der Waals surface area contributed by atoms with Gasteiger partial charge < -0.3 is 19.1 Å². The van der Waals surface area contributed by atoms with E-state index in [-0.39, 0.29) is 12.0 Å². The summed E-state index contributed by atoms with van der Waals surface area (Å²) < 4.78 is 16.9. The number of rotatable bonds is 7. The topological polar surface area (TPSA) is 54.5 Å². The smallest absolute Gasteiger partial charge is 0.253 e. The Bertz CT molecular complexity index is 926. The fourth-order valence-electron chi connectivity index (χ4n) is 4.57.